The van der Waals surface area contributed by atoms with Crippen molar-refractivity contribution >= 4 is 23.6 Å². The molecule has 2 amide bonds. The average molecular weight is 260 g/mol. The molecule has 3 N–H and O–H groups in total. The van der Waals surface area contributed by atoms with Crippen molar-refractivity contribution in [3.8, 4) is 0 Å². The summed E-state index contributed by atoms with van der Waals surface area (Å²) in [6.07, 6.45) is 1.61. The Morgan fingerprint density at radius 2 is 2.29 bits per heavy atom. The molecule has 0 aromatic carbocycles. The van der Waals surface area contributed by atoms with Crippen molar-refractivity contribution in [2.24, 2.45) is 11.7 Å². The quantitative estimate of drug-likeness (QED) is 0.718. The molecule has 6 heteroatoms. The van der Waals surface area contributed by atoms with Gasteiger partial charge in [-0.1, -0.05) is 6.92 Å². The molecule has 17 heavy (non-hydrogen) atoms. The van der Waals surface area contributed by atoms with E-state index in [4.69, 9.17) is 10.8 Å². The maximum atomic E-state index is 11.9. The number of thioether (sulfide) groups is 1. The molecule has 1 rings (SSSR count). The van der Waals surface area contributed by atoms with Crippen molar-refractivity contribution in [1.29, 1.82) is 0 Å². The van der Waals surface area contributed by atoms with E-state index in [1.54, 1.807) is 4.90 Å². The largest absolute Gasteiger partial charge is 0.395 e. The van der Waals surface area contributed by atoms with Crippen molar-refractivity contribution in [1.82, 2.24) is 4.90 Å². The molecule has 1 heterocycles. The molecule has 0 spiro atoms. The number of carbonyl (C=O) groups excluding carboxylic acids is 2. The molecule has 0 saturated carbocycles. The van der Waals surface area contributed by atoms with Crippen LogP contribution in [0.4, 0.5) is 0 Å². The third-order valence-corrected chi connectivity index (χ3v) is 4.06. The van der Waals surface area contributed by atoms with Gasteiger partial charge in [0.25, 0.3) is 0 Å². The molecule has 1 fully saturated rings. The van der Waals surface area contributed by atoms with E-state index in [-0.39, 0.29) is 29.6 Å². The van der Waals surface area contributed by atoms with Gasteiger partial charge in [-0.05, 0) is 12.8 Å². The second kappa shape index (κ2) is 6.86. The molecule has 1 aliphatic rings. The van der Waals surface area contributed by atoms with Gasteiger partial charge in [0.05, 0.1) is 18.3 Å². The maximum Gasteiger partial charge on any atom is 0.232 e. The Kier molecular flexibility index (Phi) is 5.77. The fourth-order valence-electron chi connectivity index (χ4n) is 1.79. The fraction of sp³-hybridized carbons (Fsp3) is 0.818. The Bertz CT molecular complexity index is 286. The van der Waals surface area contributed by atoms with E-state index < -0.39 is 0 Å². The highest BCUT2D eigenvalue weighted by molar-refractivity contribution is 8.00. The molecule has 0 radical (unpaired) electrons. The van der Waals surface area contributed by atoms with Gasteiger partial charge in [0.1, 0.15) is 0 Å². The summed E-state index contributed by atoms with van der Waals surface area (Å²) in [5, 5.41) is 8.93. The Morgan fingerprint density at radius 3 is 2.88 bits per heavy atom. The van der Waals surface area contributed by atoms with Crippen LogP contribution < -0.4 is 5.73 Å². The molecular formula is C11H20N2O3S. The van der Waals surface area contributed by atoms with Crippen LogP contribution in [-0.2, 0) is 9.59 Å². The highest BCUT2D eigenvalue weighted by Crippen LogP contribution is 2.18. The van der Waals surface area contributed by atoms with Gasteiger partial charge >= 0.3 is 0 Å². The number of nitrogens with two attached hydrogens (primary N) is 1. The van der Waals surface area contributed by atoms with Crippen LogP contribution in [-0.4, -0.2) is 52.5 Å². The number of piperidine rings is 1. The van der Waals surface area contributed by atoms with Crippen molar-refractivity contribution in [2.45, 2.75) is 25.0 Å². The number of hydrogen-bond donors (Lipinski definition) is 2. The van der Waals surface area contributed by atoms with Crippen molar-refractivity contribution in [3.05, 3.63) is 0 Å². The Hall–Kier alpha value is -0.750. The SMILES string of the molecule is CC(CO)SCC(=O)N1CCCC(C(N)=O)C1. The lowest BCUT2D eigenvalue weighted by atomic mass is 9.97. The number of carbonyl (C=O) groups is 2. The van der Waals surface area contributed by atoms with Gasteiger partial charge in [0, 0.05) is 18.3 Å². The first-order valence-electron chi connectivity index (χ1n) is 5.84. The monoisotopic (exact) mass is 260 g/mol. The van der Waals surface area contributed by atoms with Gasteiger partial charge in [-0.3, -0.25) is 9.59 Å². The van der Waals surface area contributed by atoms with Gasteiger partial charge in [-0.15, -0.1) is 11.8 Å². The maximum absolute atomic E-state index is 11.9. The fourth-order valence-corrected chi connectivity index (χ4v) is 2.51. The van der Waals surface area contributed by atoms with Crippen LogP contribution in [0, 0.1) is 5.92 Å². The number of hydrogen-bond acceptors (Lipinski definition) is 4. The topological polar surface area (TPSA) is 83.6 Å². The van der Waals surface area contributed by atoms with Gasteiger partial charge < -0.3 is 15.7 Å². The minimum Gasteiger partial charge on any atom is -0.395 e. The van der Waals surface area contributed by atoms with Crippen LogP contribution in [0.15, 0.2) is 0 Å². The molecule has 98 valence electrons. The summed E-state index contributed by atoms with van der Waals surface area (Å²) in [7, 11) is 0. The van der Waals surface area contributed by atoms with Gasteiger partial charge in [0.15, 0.2) is 0 Å². The second-order valence-electron chi connectivity index (χ2n) is 4.39. The van der Waals surface area contributed by atoms with Gasteiger partial charge in [-0.2, -0.15) is 0 Å². The summed E-state index contributed by atoms with van der Waals surface area (Å²) in [5.41, 5.74) is 5.26. The lowest BCUT2D eigenvalue weighted by molar-refractivity contribution is -0.132. The summed E-state index contributed by atoms with van der Waals surface area (Å²) in [5.74, 6) is -0.138. The van der Waals surface area contributed by atoms with E-state index in [2.05, 4.69) is 0 Å². The molecule has 2 atom stereocenters. The minimum absolute atomic E-state index is 0.0289. The third-order valence-electron chi connectivity index (χ3n) is 2.92. The predicted octanol–water partition coefficient (Wildman–Crippen LogP) is -0.176. The van der Waals surface area contributed by atoms with Crippen LogP contribution in [0.2, 0.25) is 0 Å². The number of rotatable bonds is 5. The molecule has 1 saturated heterocycles. The Morgan fingerprint density at radius 1 is 1.59 bits per heavy atom. The second-order valence-corrected chi connectivity index (χ2v) is 5.81. The summed E-state index contributed by atoms with van der Waals surface area (Å²) in [6, 6.07) is 0. The van der Waals surface area contributed by atoms with Crippen molar-refractivity contribution < 1.29 is 14.7 Å². The number of aliphatic hydroxyl groups is 1. The zero-order valence-corrected chi connectivity index (χ0v) is 10.9. The van der Waals surface area contributed by atoms with E-state index >= 15 is 0 Å². The number of likely N-dealkylation sites (tertiary alicyclic amines) is 1. The Balaban J connectivity index is 2.38. The van der Waals surface area contributed by atoms with E-state index in [0.717, 1.165) is 12.8 Å². The smallest absolute Gasteiger partial charge is 0.232 e. The summed E-state index contributed by atoms with van der Waals surface area (Å²) >= 11 is 1.43. The molecule has 5 nitrogen and oxygen atoms in total. The van der Waals surface area contributed by atoms with Crippen LogP contribution in [0.5, 0.6) is 0 Å². The average Bonchev–Trinajstić information content (AvgIpc) is 2.35. The standard InChI is InChI=1S/C11H20N2O3S/c1-8(6-14)17-7-10(15)13-4-2-3-9(5-13)11(12)16/h8-9,14H,2-7H2,1H3,(H2,12,16). The molecule has 2 unspecified atom stereocenters. The van der Waals surface area contributed by atoms with Gasteiger partial charge in [0.2, 0.25) is 11.8 Å². The van der Waals surface area contributed by atoms with E-state index in [1.807, 2.05) is 6.92 Å². The van der Waals surface area contributed by atoms with E-state index in [0.29, 0.717) is 18.8 Å². The van der Waals surface area contributed by atoms with Crippen LogP contribution >= 0.6 is 11.8 Å². The van der Waals surface area contributed by atoms with Crippen LogP contribution in [0.25, 0.3) is 0 Å². The highest BCUT2D eigenvalue weighted by atomic mass is 32.2. The van der Waals surface area contributed by atoms with E-state index in [1.165, 1.54) is 11.8 Å². The Labute approximate surface area is 106 Å². The highest BCUT2D eigenvalue weighted by Gasteiger charge is 2.26. The van der Waals surface area contributed by atoms with Crippen molar-refractivity contribution in [3.63, 3.8) is 0 Å². The molecule has 0 aromatic heterocycles. The molecule has 0 bridgehead atoms. The lowest BCUT2D eigenvalue weighted by Gasteiger charge is -2.31. The first-order chi connectivity index (χ1) is 8.04. The normalized spacial score (nSPS) is 22.2. The predicted molar refractivity (Wildman–Crippen MR) is 67.5 cm³/mol. The number of aliphatic hydroxyl groups excluding tert-OH is 1. The zero-order valence-electron chi connectivity index (χ0n) is 10.1. The summed E-state index contributed by atoms with van der Waals surface area (Å²) < 4.78 is 0. The minimum atomic E-state index is -0.320. The number of primary amides is 1. The number of amides is 2. The zero-order chi connectivity index (χ0) is 12.8. The van der Waals surface area contributed by atoms with E-state index in [9.17, 15) is 9.59 Å². The van der Waals surface area contributed by atoms with Gasteiger partial charge in [-0.25, -0.2) is 0 Å². The first-order valence-corrected chi connectivity index (χ1v) is 6.89. The molecule has 0 aromatic rings. The summed E-state index contributed by atoms with van der Waals surface area (Å²) in [4.78, 5) is 24.6. The third kappa shape index (κ3) is 4.55. The first kappa shape index (κ1) is 14.3. The van der Waals surface area contributed by atoms with Crippen LogP contribution in [0.1, 0.15) is 19.8 Å². The summed E-state index contributed by atoms with van der Waals surface area (Å²) in [6.45, 7) is 3.10. The number of nitrogens with zero attached hydrogens (tertiary/aromatic N) is 1. The molecular weight excluding hydrogens is 240 g/mol. The lowest BCUT2D eigenvalue weighted by Crippen LogP contribution is -2.44. The molecule has 0 aliphatic carbocycles. The van der Waals surface area contributed by atoms with Crippen molar-refractivity contribution in [2.75, 3.05) is 25.4 Å². The van der Waals surface area contributed by atoms with Crippen LogP contribution in [0.3, 0.4) is 0 Å². The molecule has 1 aliphatic heterocycles.